The molecule has 0 spiro atoms. The van der Waals surface area contributed by atoms with Gasteiger partial charge >= 0.3 is 10.4 Å². The van der Waals surface area contributed by atoms with E-state index in [4.69, 9.17) is 17.5 Å². The van der Waals surface area contributed by atoms with Crippen LogP contribution in [0.4, 0.5) is 0 Å². The van der Waals surface area contributed by atoms with Crippen LogP contribution < -0.4 is 0 Å². The Balaban J connectivity index is 0. The van der Waals surface area contributed by atoms with Crippen LogP contribution in [0.3, 0.4) is 0 Å². The molecule has 2 N–H and O–H groups in total. The zero-order valence-electron chi connectivity index (χ0n) is 3.12. The van der Waals surface area contributed by atoms with E-state index in [2.05, 4.69) is 0 Å². The van der Waals surface area contributed by atoms with Gasteiger partial charge in [0, 0.05) is 0 Å². The predicted octanol–water partition coefficient (Wildman–Crippen LogP) is -0.203. The van der Waals surface area contributed by atoms with Gasteiger partial charge < -0.3 is 0 Å². The maximum atomic E-state index is 8.74. The second-order valence-corrected chi connectivity index (χ2v) is 1.34. The van der Waals surface area contributed by atoms with Crippen molar-refractivity contribution in [1.82, 2.24) is 0 Å². The molecule has 0 saturated heterocycles. The van der Waals surface area contributed by atoms with Crippen LogP contribution in [0.1, 0.15) is 0 Å². The van der Waals surface area contributed by atoms with Gasteiger partial charge in [-0.3, -0.25) is 9.11 Å². The van der Waals surface area contributed by atoms with E-state index in [0.29, 0.717) is 0 Å². The van der Waals surface area contributed by atoms with Gasteiger partial charge in [-0.25, -0.2) is 0 Å². The monoisotopic (exact) mass is 113 g/mol. The summed E-state index contributed by atoms with van der Waals surface area (Å²) >= 11 is 0. The Morgan fingerprint density at radius 1 is 1.17 bits per heavy atom. The van der Waals surface area contributed by atoms with E-state index < -0.39 is 10.4 Å². The van der Waals surface area contributed by atoms with Crippen molar-refractivity contribution in [3.63, 3.8) is 0 Å². The Bertz CT molecular complexity index is 90.7. The minimum atomic E-state index is -4.67. The maximum absolute atomic E-state index is 8.74. The zero-order valence-corrected chi connectivity index (χ0v) is 3.94. The van der Waals surface area contributed by atoms with E-state index >= 15 is 0 Å². The SMILES string of the molecule is O=S(=O)(O)O.[CH3]. The summed E-state index contributed by atoms with van der Waals surface area (Å²) in [6.07, 6.45) is 0. The molecule has 0 aliphatic rings. The summed E-state index contributed by atoms with van der Waals surface area (Å²) < 4.78 is 31.6. The second-order valence-electron chi connectivity index (χ2n) is 0.448. The summed E-state index contributed by atoms with van der Waals surface area (Å²) in [6, 6.07) is 0. The minimum absolute atomic E-state index is 0. The Labute approximate surface area is 36.4 Å². The third kappa shape index (κ3) is 1890. The van der Waals surface area contributed by atoms with Gasteiger partial charge in [-0.2, -0.15) is 8.42 Å². The lowest BCUT2D eigenvalue weighted by atomic mass is 12.0. The molecule has 0 heterocycles. The number of rotatable bonds is 0. The molecule has 0 aromatic carbocycles. The molecule has 6 heavy (non-hydrogen) atoms. The zero-order chi connectivity index (χ0) is 4.50. The summed E-state index contributed by atoms with van der Waals surface area (Å²) in [5, 5.41) is 0. The quantitative estimate of drug-likeness (QED) is 0.426. The highest BCUT2D eigenvalue weighted by Gasteiger charge is 1.84. The fourth-order valence-electron chi connectivity index (χ4n) is 0. The van der Waals surface area contributed by atoms with Gasteiger partial charge in [0.1, 0.15) is 0 Å². The molecule has 0 aliphatic carbocycles. The molecule has 0 amide bonds. The highest BCUT2D eigenvalue weighted by molar-refractivity contribution is 7.79. The molecule has 0 aromatic rings. The first-order valence-corrected chi connectivity index (χ1v) is 2.10. The molecule has 0 aliphatic heterocycles. The average Bonchev–Trinajstić information content (AvgIpc) is 0.722. The molecule has 0 fully saturated rings. The van der Waals surface area contributed by atoms with Crippen LogP contribution in [0.2, 0.25) is 0 Å². The Hall–Kier alpha value is -0.130. The van der Waals surface area contributed by atoms with Crippen LogP contribution in [0.5, 0.6) is 0 Å². The van der Waals surface area contributed by atoms with Gasteiger partial charge in [-0.15, -0.1) is 0 Å². The first-order valence-electron chi connectivity index (χ1n) is 0.698. The molecule has 0 unspecified atom stereocenters. The molecule has 4 nitrogen and oxygen atoms in total. The van der Waals surface area contributed by atoms with Crippen molar-refractivity contribution in [3.05, 3.63) is 7.43 Å². The summed E-state index contributed by atoms with van der Waals surface area (Å²) in [4.78, 5) is 0. The van der Waals surface area contributed by atoms with Crippen molar-refractivity contribution in [2.24, 2.45) is 0 Å². The van der Waals surface area contributed by atoms with Crippen molar-refractivity contribution >= 4 is 10.4 Å². The van der Waals surface area contributed by atoms with Gasteiger partial charge in [-0.1, -0.05) is 7.43 Å². The van der Waals surface area contributed by atoms with E-state index in [-0.39, 0.29) is 7.43 Å². The molecule has 1 radical (unpaired) electrons. The molecular weight excluding hydrogens is 108 g/mol. The number of hydrogen-bond donors (Lipinski definition) is 2. The van der Waals surface area contributed by atoms with Gasteiger partial charge in [0.05, 0.1) is 0 Å². The van der Waals surface area contributed by atoms with Gasteiger partial charge in [0.2, 0.25) is 0 Å². The van der Waals surface area contributed by atoms with Gasteiger partial charge in [0.25, 0.3) is 0 Å². The normalized spacial score (nSPS) is 9.67. The Morgan fingerprint density at radius 3 is 1.17 bits per heavy atom. The van der Waals surface area contributed by atoms with Crippen molar-refractivity contribution in [3.8, 4) is 0 Å². The van der Waals surface area contributed by atoms with Crippen molar-refractivity contribution in [2.75, 3.05) is 0 Å². The third-order valence-electron chi connectivity index (χ3n) is 0. The van der Waals surface area contributed by atoms with E-state index in [1.807, 2.05) is 0 Å². The lowest BCUT2D eigenvalue weighted by Gasteiger charge is -1.68. The van der Waals surface area contributed by atoms with E-state index in [0.717, 1.165) is 0 Å². The molecule has 0 saturated carbocycles. The van der Waals surface area contributed by atoms with Crippen molar-refractivity contribution in [1.29, 1.82) is 0 Å². The third-order valence-corrected chi connectivity index (χ3v) is 0. The smallest absolute Gasteiger partial charge is 0.264 e. The van der Waals surface area contributed by atoms with Gasteiger partial charge in [-0.05, 0) is 0 Å². The summed E-state index contributed by atoms with van der Waals surface area (Å²) in [5.74, 6) is 0. The second kappa shape index (κ2) is 2.12. The van der Waals surface area contributed by atoms with E-state index in [1.54, 1.807) is 0 Å². The molecule has 0 aromatic heterocycles. The summed E-state index contributed by atoms with van der Waals surface area (Å²) in [6.45, 7) is 0. The topological polar surface area (TPSA) is 74.6 Å². The molecular formula is CH5O4S. The van der Waals surface area contributed by atoms with Crippen LogP contribution in [-0.2, 0) is 10.4 Å². The maximum Gasteiger partial charge on any atom is 0.394 e. The molecule has 0 bridgehead atoms. The number of hydrogen-bond acceptors (Lipinski definition) is 2. The van der Waals surface area contributed by atoms with Crippen LogP contribution in [0.15, 0.2) is 0 Å². The fourth-order valence-corrected chi connectivity index (χ4v) is 0. The Kier molecular flexibility index (Phi) is 3.28. The molecule has 5 heteroatoms. The van der Waals surface area contributed by atoms with Crippen LogP contribution in [0.25, 0.3) is 0 Å². The standard InChI is InChI=1S/CH3.H2O4S/c;1-5(2,3)4/h1H3;(H2,1,2,3,4). The highest BCUT2D eigenvalue weighted by Crippen LogP contribution is 1.59. The van der Waals surface area contributed by atoms with E-state index in [1.165, 1.54) is 0 Å². The predicted molar refractivity (Wildman–Crippen MR) is 20.6 cm³/mol. The van der Waals surface area contributed by atoms with Gasteiger partial charge in [0.15, 0.2) is 0 Å². The summed E-state index contributed by atoms with van der Waals surface area (Å²) in [7, 11) is -4.67. The lowest BCUT2D eigenvalue weighted by molar-refractivity contribution is 0.381. The molecule has 0 rings (SSSR count). The summed E-state index contributed by atoms with van der Waals surface area (Å²) in [5.41, 5.74) is 0. The minimum Gasteiger partial charge on any atom is -0.264 e. The van der Waals surface area contributed by atoms with E-state index in [9.17, 15) is 0 Å². The lowest BCUT2D eigenvalue weighted by Crippen LogP contribution is -1.89. The first-order chi connectivity index (χ1) is 2.00. The van der Waals surface area contributed by atoms with Crippen molar-refractivity contribution in [2.45, 2.75) is 0 Å². The van der Waals surface area contributed by atoms with Crippen molar-refractivity contribution < 1.29 is 17.5 Å². The highest BCUT2D eigenvalue weighted by atomic mass is 32.3. The van der Waals surface area contributed by atoms with Crippen LogP contribution in [-0.4, -0.2) is 17.5 Å². The Morgan fingerprint density at radius 2 is 1.17 bits per heavy atom. The first kappa shape index (κ1) is 9.30. The molecule has 39 valence electrons. The fraction of sp³-hybridized carbons (Fsp3) is 0. The molecule has 0 atom stereocenters. The largest absolute Gasteiger partial charge is 0.394 e. The van der Waals surface area contributed by atoms with Crippen LogP contribution >= 0.6 is 0 Å². The average molecular weight is 113 g/mol. The van der Waals surface area contributed by atoms with Crippen LogP contribution in [0, 0.1) is 7.43 Å².